The van der Waals surface area contributed by atoms with Gasteiger partial charge in [0.15, 0.2) is 0 Å². The molecule has 3 rings (SSSR count). The minimum atomic E-state index is -3.24. The van der Waals surface area contributed by atoms with Crippen LogP contribution in [0.2, 0.25) is 0 Å². The second kappa shape index (κ2) is 7.75. The van der Waals surface area contributed by atoms with Crippen LogP contribution >= 0.6 is 0 Å². The molecule has 1 saturated heterocycles. The first kappa shape index (κ1) is 16.9. The van der Waals surface area contributed by atoms with Crippen molar-refractivity contribution in [2.24, 2.45) is 0 Å². The molecular formula is C17H26N2O3S. The Morgan fingerprint density at radius 2 is 2.04 bits per heavy atom. The molecule has 0 aromatic heterocycles. The summed E-state index contributed by atoms with van der Waals surface area (Å²) in [6, 6.07) is 8.48. The minimum absolute atomic E-state index is 0.0931. The van der Waals surface area contributed by atoms with Crippen molar-refractivity contribution in [2.45, 2.75) is 38.3 Å². The van der Waals surface area contributed by atoms with Crippen LogP contribution in [0, 0.1) is 0 Å². The van der Waals surface area contributed by atoms with Crippen molar-refractivity contribution in [1.29, 1.82) is 0 Å². The number of benzene rings is 1. The molecule has 1 fully saturated rings. The molecule has 5 nitrogen and oxygen atoms in total. The van der Waals surface area contributed by atoms with Crippen molar-refractivity contribution >= 4 is 10.0 Å². The second-order valence-corrected chi connectivity index (χ2v) is 8.31. The average Bonchev–Trinajstić information content (AvgIpc) is 2.55. The first-order valence-electron chi connectivity index (χ1n) is 8.50. The summed E-state index contributed by atoms with van der Waals surface area (Å²) in [4.78, 5) is 2.31. The maximum absolute atomic E-state index is 12.1. The van der Waals surface area contributed by atoms with E-state index >= 15 is 0 Å². The molecule has 1 N–H and O–H groups in total. The Morgan fingerprint density at radius 1 is 1.22 bits per heavy atom. The van der Waals surface area contributed by atoms with Gasteiger partial charge in [-0.05, 0) is 36.8 Å². The smallest absolute Gasteiger partial charge is 0.214 e. The fourth-order valence-electron chi connectivity index (χ4n) is 3.35. The number of nitrogens with zero attached hydrogens (tertiary/aromatic N) is 1. The van der Waals surface area contributed by atoms with Crippen molar-refractivity contribution in [3.63, 3.8) is 0 Å². The van der Waals surface area contributed by atoms with Crippen molar-refractivity contribution in [1.82, 2.24) is 9.62 Å². The fourth-order valence-corrected chi connectivity index (χ4v) is 4.62. The summed E-state index contributed by atoms with van der Waals surface area (Å²) < 4.78 is 32.5. The number of hydrogen-bond donors (Lipinski definition) is 1. The van der Waals surface area contributed by atoms with Crippen LogP contribution in [0.3, 0.4) is 0 Å². The van der Waals surface area contributed by atoms with Gasteiger partial charge in [0.25, 0.3) is 0 Å². The molecule has 0 spiro atoms. The Balaban J connectivity index is 1.42. The van der Waals surface area contributed by atoms with Gasteiger partial charge in [-0.2, -0.15) is 0 Å². The lowest BCUT2D eigenvalue weighted by atomic mass is 10.0. The molecule has 1 aromatic carbocycles. The van der Waals surface area contributed by atoms with Crippen LogP contribution in [0.4, 0.5) is 0 Å². The van der Waals surface area contributed by atoms with Crippen molar-refractivity contribution < 1.29 is 13.2 Å². The van der Waals surface area contributed by atoms with Gasteiger partial charge in [0.05, 0.1) is 11.9 Å². The number of nitrogens with one attached hydrogen (secondary N) is 1. The van der Waals surface area contributed by atoms with E-state index in [-0.39, 0.29) is 11.9 Å². The predicted molar refractivity (Wildman–Crippen MR) is 90.8 cm³/mol. The molecule has 0 radical (unpaired) electrons. The topological polar surface area (TPSA) is 58.6 Å². The van der Waals surface area contributed by atoms with Crippen LogP contribution in [-0.4, -0.2) is 51.4 Å². The molecule has 1 atom stereocenters. The largest absolute Gasteiger partial charge is 0.377 e. The molecule has 0 saturated carbocycles. The summed E-state index contributed by atoms with van der Waals surface area (Å²) in [7, 11) is -3.24. The van der Waals surface area contributed by atoms with E-state index in [9.17, 15) is 8.42 Å². The normalized spacial score (nSPS) is 22.7. The number of fused-ring (bicyclic) bond motifs is 1. The molecule has 1 aromatic rings. The zero-order valence-corrected chi connectivity index (χ0v) is 14.4. The van der Waals surface area contributed by atoms with E-state index in [1.54, 1.807) is 0 Å². The maximum atomic E-state index is 12.1. The first-order valence-corrected chi connectivity index (χ1v) is 10.2. The summed E-state index contributed by atoms with van der Waals surface area (Å²) in [6.45, 7) is 3.80. The third-order valence-corrected chi connectivity index (χ3v) is 6.09. The molecule has 2 aliphatic heterocycles. The summed E-state index contributed by atoms with van der Waals surface area (Å²) in [6.07, 6.45) is 3.86. The van der Waals surface area contributed by atoms with Gasteiger partial charge < -0.3 is 4.74 Å². The van der Waals surface area contributed by atoms with Gasteiger partial charge in [-0.1, -0.05) is 24.3 Å². The third kappa shape index (κ3) is 5.01. The monoisotopic (exact) mass is 338 g/mol. The van der Waals surface area contributed by atoms with E-state index in [2.05, 4.69) is 33.9 Å². The number of hydrogen-bond acceptors (Lipinski definition) is 4. The van der Waals surface area contributed by atoms with Crippen LogP contribution in [0.25, 0.3) is 0 Å². The van der Waals surface area contributed by atoms with Gasteiger partial charge in [0.1, 0.15) is 0 Å². The number of ether oxygens (including phenoxy) is 1. The molecule has 0 amide bonds. The lowest BCUT2D eigenvalue weighted by Gasteiger charge is -2.28. The van der Waals surface area contributed by atoms with E-state index in [0.29, 0.717) is 13.2 Å². The van der Waals surface area contributed by atoms with Gasteiger partial charge >= 0.3 is 0 Å². The Labute approximate surface area is 139 Å². The van der Waals surface area contributed by atoms with Crippen molar-refractivity contribution in [2.75, 3.05) is 32.0 Å². The Bertz CT molecular complexity index is 612. The Hall–Kier alpha value is -0.950. The van der Waals surface area contributed by atoms with E-state index in [1.165, 1.54) is 11.1 Å². The standard InChI is InChI=1S/C17H26N2O3S/c20-23(21,14-17-7-3-4-12-22-17)18-9-11-19-10-8-15-5-1-2-6-16(15)13-19/h1-2,5-6,17-18H,3-4,7-14H2/t17-/m0/s1. The summed E-state index contributed by atoms with van der Waals surface area (Å²) in [5.41, 5.74) is 2.77. The second-order valence-electron chi connectivity index (χ2n) is 6.46. The van der Waals surface area contributed by atoms with E-state index in [4.69, 9.17) is 4.74 Å². The average molecular weight is 338 g/mol. The molecule has 23 heavy (non-hydrogen) atoms. The number of rotatable bonds is 6. The van der Waals surface area contributed by atoms with Crippen LogP contribution in [0.1, 0.15) is 30.4 Å². The van der Waals surface area contributed by atoms with Gasteiger partial charge in [-0.3, -0.25) is 4.90 Å². The summed E-state index contributed by atoms with van der Waals surface area (Å²) in [5.74, 6) is 0.0931. The molecule has 2 aliphatic rings. The van der Waals surface area contributed by atoms with Crippen LogP contribution < -0.4 is 4.72 Å². The highest BCUT2D eigenvalue weighted by Crippen LogP contribution is 2.18. The van der Waals surface area contributed by atoms with Crippen molar-refractivity contribution in [3.05, 3.63) is 35.4 Å². The maximum Gasteiger partial charge on any atom is 0.214 e. The lowest BCUT2D eigenvalue weighted by molar-refractivity contribution is 0.0304. The highest BCUT2D eigenvalue weighted by Gasteiger charge is 2.22. The first-order chi connectivity index (χ1) is 11.1. The van der Waals surface area contributed by atoms with Crippen LogP contribution in [0.5, 0.6) is 0 Å². The van der Waals surface area contributed by atoms with Crippen LogP contribution in [0.15, 0.2) is 24.3 Å². The Morgan fingerprint density at radius 3 is 2.83 bits per heavy atom. The van der Waals surface area contributed by atoms with Crippen molar-refractivity contribution in [3.8, 4) is 0 Å². The summed E-state index contributed by atoms with van der Waals surface area (Å²) in [5, 5.41) is 0. The molecule has 6 heteroatoms. The fraction of sp³-hybridized carbons (Fsp3) is 0.647. The van der Waals surface area contributed by atoms with Crippen LogP contribution in [-0.2, 0) is 27.7 Å². The highest BCUT2D eigenvalue weighted by molar-refractivity contribution is 7.89. The molecule has 128 valence electrons. The molecule has 0 aliphatic carbocycles. The van der Waals surface area contributed by atoms with Gasteiger partial charge in [0.2, 0.25) is 10.0 Å². The van der Waals surface area contributed by atoms with Gasteiger partial charge in [-0.15, -0.1) is 0 Å². The third-order valence-electron chi connectivity index (χ3n) is 4.64. The minimum Gasteiger partial charge on any atom is -0.377 e. The lowest BCUT2D eigenvalue weighted by Crippen LogP contribution is -2.40. The number of sulfonamides is 1. The molecule has 2 heterocycles. The SMILES string of the molecule is O=S(=O)(C[C@@H]1CCCCO1)NCCN1CCc2ccccc2C1. The zero-order valence-electron chi connectivity index (χ0n) is 13.5. The quantitative estimate of drug-likeness (QED) is 0.855. The molecule has 0 bridgehead atoms. The van der Waals surface area contributed by atoms with E-state index < -0.39 is 10.0 Å². The van der Waals surface area contributed by atoms with Gasteiger partial charge in [0, 0.05) is 32.8 Å². The summed E-state index contributed by atoms with van der Waals surface area (Å²) >= 11 is 0. The van der Waals surface area contributed by atoms with E-state index in [0.717, 1.165) is 45.3 Å². The zero-order chi connectivity index (χ0) is 16.1. The Kier molecular flexibility index (Phi) is 5.69. The molecular weight excluding hydrogens is 312 g/mol. The molecule has 0 unspecified atom stereocenters. The highest BCUT2D eigenvalue weighted by atomic mass is 32.2. The predicted octanol–water partition coefficient (Wildman–Crippen LogP) is 1.53. The van der Waals surface area contributed by atoms with Gasteiger partial charge in [-0.25, -0.2) is 13.1 Å². The van der Waals surface area contributed by atoms with E-state index in [1.807, 2.05) is 0 Å².